The number of sulfone groups is 1. The van der Waals surface area contributed by atoms with Crippen molar-refractivity contribution in [3.63, 3.8) is 0 Å². The smallest absolute Gasteiger partial charge is 0.191 e. The fraction of sp³-hybridized carbons (Fsp3) is 0.650. The van der Waals surface area contributed by atoms with Gasteiger partial charge >= 0.3 is 0 Å². The molecule has 0 atom stereocenters. The van der Waals surface area contributed by atoms with Crippen molar-refractivity contribution in [2.24, 2.45) is 4.99 Å². The highest BCUT2D eigenvalue weighted by molar-refractivity contribution is 7.92. The number of hydrogen-bond donors (Lipinski definition) is 2. The van der Waals surface area contributed by atoms with Gasteiger partial charge in [-0.15, -0.1) is 0 Å². The topological polar surface area (TPSA) is 70.6 Å². The largest absolute Gasteiger partial charge is 0.356 e. The lowest BCUT2D eigenvalue weighted by atomic mass is 9.76. The number of hydrogen-bond acceptors (Lipinski definition) is 3. The Hall–Kier alpha value is -1.56. The van der Waals surface area contributed by atoms with E-state index in [1.165, 1.54) is 5.56 Å². The fourth-order valence-corrected chi connectivity index (χ4v) is 3.87. The summed E-state index contributed by atoms with van der Waals surface area (Å²) < 4.78 is 23.7. The van der Waals surface area contributed by atoms with Crippen LogP contribution in [0.3, 0.4) is 0 Å². The third-order valence-corrected chi connectivity index (χ3v) is 7.76. The lowest BCUT2D eigenvalue weighted by molar-refractivity contribution is 0.389. The molecule has 148 valence electrons. The molecule has 0 heterocycles. The van der Waals surface area contributed by atoms with E-state index < -0.39 is 14.6 Å². The van der Waals surface area contributed by atoms with Crippen LogP contribution in [0.2, 0.25) is 0 Å². The third kappa shape index (κ3) is 5.73. The van der Waals surface area contributed by atoms with Crippen molar-refractivity contribution in [1.29, 1.82) is 0 Å². The van der Waals surface area contributed by atoms with Crippen molar-refractivity contribution in [2.75, 3.05) is 25.9 Å². The summed E-state index contributed by atoms with van der Waals surface area (Å²) in [5, 5.41) is 6.51. The highest BCUT2D eigenvalue weighted by Crippen LogP contribution is 2.30. The Balaban J connectivity index is 2.71. The van der Waals surface area contributed by atoms with Crippen LogP contribution in [0.4, 0.5) is 0 Å². The zero-order chi connectivity index (χ0) is 19.8. The molecule has 0 fully saturated rings. The molecule has 0 saturated carbocycles. The summed E-state index contributed by atoms with van der Waals surface area (Å²) in [5.41, 5.74) is 1.33. The summed E-state index contributed by atoms with van der Waals surface area (Å²) >= 11 is 0. The number of benzene rings is 1. The molecule has 0 aromatic heterocycles. The van der Waals surface area contributed by atoms with Gasteiger partial charge in [0.1, 0.15) is 0 Å². The maximum Gasteiger partial charge on any atom is 0.191 e. The Morgan fingerprint density at radius 2 is 1.62 bits per heavy atom. The van der Waals surface area contributed by atoms with Crippen LogP contribution in [0.15, 0.2) is 35.3 Å². The van der Waals surface area contributed by atoms with Gasteiger partial charge in [-0.25, -0.2) is 8.42 Å². The molecule has 0 spiro atoms. The molecule has 1 aromatic carbocycles. The number of nitrogens with one attached hydrogen (secondary N) is 2. The van der Waals surface area contributed by atoms with Gasteiger partial charge in [-0.3, -0.25) is 4.99 Å². The van der Waals surface area contributed by atoms with Crippen LogP contribution in [-0.4, -0.2) is 45.0 Å². The van der Waals surface area contributed by atoms with E-state index in [9.17, 15) is 8.42 Å². The van der Waals surface area contributed by atoms with E-state index in [-0.39, 0.29) is 11.2 Å². The van der Waals surface area contributed by atoms with Gasteiger partial charge in [-0.05, 0) is 39.2 Å². The van der Waals surface area contributed by atoms with Crippen LogP contribution in [0, 0.1) is 0 Å². The van der Waals surface area contributed by atoms with E-state index in [0.29, 0.717) is 12.5 Å². The van der Waals surface area contributed by atoms with Crippen LogP contribution >= 0.6 is 0 Å². The molecule has 0 radical (unpaired) electrons. The fourth-order valence-electron chi connectivity index (χ4n) is 2.89. The highest BCUT2D eigenvalue weighted by Gasteiger charge is 2.29. The van der Waals surface area contributed by atoms with Crippen molar-refractivity contribution in [3.05, 3.63) is 35.9 Å². The SMILES string of the molecule is CCC(CC)(CNC(=NC)NCCS(=O)(=O)C(C)(C)C)c1ccccc1. The monoisotopic (exact) mass is 381 g/mol. The van der Waals surface area contributed by atoms with E-state index in [1.54, 1.807) is 27.8 Å². The molecule has 0 amide bonds. The summed E-state index contributed by atoms with van der Waals surface area (Å²) in [6.45, 7) is 10.7. The van der Waals surface area contributed by atoms with Gasteiger partial charge in [0, 0.05) is 25.6 Å². The Kier molecular flexibility index (Phi) is 8.13. The van der Waals surface area contributed by atoms with Gasteiger partial charge in [0.15, 0.2) is 15.8 Å². The van der Waals surface area contributed by atoms with E-state index in [4.69, 9.17) is 0 Å². The van der Waals surface area contributed by atoms with Crippen molar-refractivity contribution in [2.45, 2.75) is 57.6 Å². The summed E-state index contributed by atoms with van der Waals surface area (Å²) in [4.78, 5) is 4.23. The Labute approximate surface area is 159 Å². The molecule has 0 saturated heterocycles. The Morgan fingerprint density at radius 3 is 2.08 bits per heavy atom. The minimum absolute atomic E-state index is 0.0242. The standard InChI is InChI=1S/C20H35N3O2S/c1-7-20(8-2,17-12-10-9-11-13-17)16-23-18(21-6)22-14-15-26(24,25)19(3,4)5/h9-13H,7-8,14-16H2,1-6H3,(H2,21,22,23). The predicted octanol–water partition coefficient (Wildman–Crippen LogP) is 3.12. The zero-order valence-electron chi connectivity index (χ0n) is 17.1. The first-order valence-corrected chi connectivity index (χ1v) is 11.0. The minimum Gasteiger partial charge on any atom is -0.356 e. The quantitative estimate of drug-likeness (QED) is 0.536. The molecule has 6 heteroatoms. The Morgan fingerprint density at radius 1 is 1.04 bits per heavy atom. The van der Waals surface area contributed by atoms with Crippen molar-refractivity contribution < 1.29 is 8.42 Å². The number of rotatable bonds is 8. The normalized spacial score (nSPS) is 13.5. The first-order valence-electron chi connectivity index (χ1n) is 9.34. The summed E-state index contributed by atoms with van der Waals surface area (Å²) in [7, 11) is -1.44. The van der Waals surface area contributed by atoms with Crippen molar-refractivity contribution in [3.8, 4) is 0 Å². The lowest BCUT2D eigenvalue weighted by Gasteiger charge is -2.33. The molecule has 0 bridgehead atoms. The number of guanidine groups is 1. The maximum absolute atomic E-state index is 12.2. The van der Waals surface area contributed by atoms with Crippen LogP contribution in [-0.2, 0) is 15.3 Å². The van der Waals surface area contributed by atoms with Crippen molar-refractivity contribution >= 4 is 15.8 Å². The van der Waals surface area contributed by atoms with Crippen LogP contribution in [0.25, 0.3) is 0 Å². The van der Waals surface area contributed by atoms with Gasteiger partial charge in [0.05, 0.1) is 10.5 Å². The second-order valence-electron chi connectivity index (χ2n) is 7.64. The minimum atomic E-state index is -3.14. The summed E-state index contributed by atoms with van der Waals surface area (Å²) in [5.74, 6) is 0.721. The summed E-state index contributed by atoms with van der Waals surface area (Å²) in [6.07, 6.45) is 2.02. The van der Waals surface area contributed by atoms with Gasteiger partial charge in [-0.1, -0.05) is 44.2 Å². The van der Waals surface area contributed by atoms with Crippen LogP contribution in [0.5, 0.6) is 0 Å². The summed E-state index contributed by atoms with van der Waals surface area (Å²) in [6, 6.07) is 10.5. The van der Waals surface area contributed by atoms with E-state index in [2.05, 4.69) is 53.7 Å². The number of nitrogens with zero attached hydrogens (tertiary/aromatic N) is 1. The molecule has 5 nitrogen and oxygen atoms in total. The van der Waals surface area contributed by atoms with Crippen LogP contribution < -0.4 is 10.6 Å². The second-order valence-corrected chi connectivity index (χ2v) is 10.5. The molecular formula is C20H35N3O2S. The van der Waals surface area contributed by atoms with Crippen molar-refractivity contribution in [1.82, 2.24) is 10.6 Å². The third-order valence-electron chi connectivity index (χ3n) is 5.15. The van der Waals surface area contributed by atoms with Gasteiger partial charge < -0.3 is 10.6 Å². The maximum atomic E-state index is 12.2. The zero-order valence-corrected chi connectivity index (χ0v) is 17.9. The molecule has 2 N–H and O–H groups in total. The first kappa shape index (κ1) is 22.5. The molecule has 0 aliphatic rings. The van der Waals surface area contributed by atoms with Gasteiger partial charge in [0.25, 0.3) is 0 Å². The van der Waals surface area contributed by atoms with Gasteiger partial charge in [-0.2, -0.15) is 0 Å². The second kappa shape index (κ2) is 9.40. The molecule has 1 aromatic rings. The van der Waals surface area contributed by atoms with E-state index >= 15 is 0 Å². The number of aliphatic imine (C=N–C) groups is 1. The van der Waals surface area contributed by atoms with Crippen LogP contribution in [0.1, 0.15) is 53.0 Å². The molecule has 1 rings (SSSR count). The van der Waals surface area contributed by atoms with E-state index in [1.807, 2.05) is 6.07 Å². The van der Waals surface area contributed by atoms with Gasteiger partial charge in [0.2, 0.25) is 0 Å². The molecule has 26 heavy (non-hydrogen) atoms. The highest BCUT2D eigenvalue weighted by atomic mass is 32.2. The Bertz CT molecular complexity index is 673. The molecule has 0 aliphatic carbocycles. The lowest BCUT2D eigenvalue weighted by Crippen LogP contribution is -2.47. The van der Waals surface area contributed by atoms with E-state index in [0.717, 1.165) is 19.4 Å². The average molecular weight is 382 g/mol. The molecule has 0 unspecified atom stereocenters. The first-order chi connectivity index (χ1) is 12.1. The average Bonchev–Trinajstić information content (AvgIpc) is 2.61. The predicted molar refractivity (Wildman–Crippen MR) is 112 cm³/mol. The molecular weight excluding hydrogens is 346 g/mol. The molecule has 0 aliphatic heterocycles.